The number of benzene rings is 2. The monoisotopic (exact) mass is 564 g/mol. The minimum absolute atomic E-state index is 0.325. The fourth-order valence-electron chi connectivity index (χ4n) is 3.13. The summed E-state index contributed by atoms with van der Waals surface area (Å²) in [6, 6.07) is 16.9. The fourth-order valence-corrected chi connectivity index (χ4v) is 9.02. The Labute approximate surface area is 198 Å². The molecule has 0 aliphatic rings. The molecule has 2 aromatic carbocycles. The van der Waals surface area contributed by atoms with Crippen LogP contribution in [0, 0.1) is 0 Å². The van der Waals surface area contributed by atoms with E-state index in [-0.39, 0.29) is 0 Å². The van der Waals surface area contributed by atoms with Crippen LogP contribution in [-0.4, -0.2) is 43.1 Å². The summed E-state index contributed by atoms with van der Waals surface area (Å²) in [6.45, 7) is 5.94. The first-order valence-electron chi connectivity index (χ1n) is 10.6. The van der Waals surface area contributed by atoms with Crippen molar-refractivity contribution in [2.24, 2.45) is 0 Å². The van der Waals surface area contributed by atoms with Crippen molar-refractivity contribution >= 4 is 43.1 Å². The first kappa shape index (κ1) is 26.4. The molecule has 2 atom stereocenters. The van der Waals surface area contributed by atoms with Gasteiger partial charge in [0.2, 0.25) is 0 Å². The predicted molar refractivity (Wildman–Crippen MR) is 121 cm³/mol. The molecule has 0 unspecified atom stereocenters. The van der Waals surface area contributed by atoms with Gasteiger partial charge in [0.05, 0.1) is 0 Å². The van der Waals surface area contributed by atoms with Crippen molar-refractivity contribution in [3.05, 3.63) is 71.8 Å². The van der Waals surface area contributed by atoms with E-state index in [9.17, 15) is 19.2 Å². The van der Waals surface area contributed by atoms with Gasteiger partial charge in [-0.3, -0.25) is 0 Å². The van der Waals surface area contributed by atoms with Gasteiger partial charge < -0.3 is 0 Å². The Hall–Kier alpha value is -2.88. The third-order valence-electron chi connectivity index (χ3n) is 4.85. The van der Waals surface area contributed by atoms with E-state index in [1.807, 2.05) is 0 Å². The third-order valence-corrected chi connectivity index (χ3v) is 14.3. The number of carbonyl (C=O) groups is 4. The molecule has 0 bridgehead atoms. The summed E-state index contributed by atoms with van der Waals surface area (Å²) in [4.78, 5) is 49.4. The molecule has 0 spiro atoms. The molecule has 8 nitrogen and oxygen atoms in total. The minimum atomic E-state index is -4.36. The Kier molecular flexibility index (Phi) is 9.90. The maximum atomic E-state index is 13.1. The second kappa shape index (κ2) is 12.4. The van der Waals surface area contributed by atoms with Gasteiger partial charge in [-0.05, 0) is 0 Å². The van der Waals surface area contributed by atoms with Crippen molar-refractivity contribution < 1.29 is 34.8 Å². The van der Waals surface area contributed by atoms with Gasteiger partial charge in [0.25, 0.3) is 0 Å². The predicted octanol–water partition coefficient (Wildman–Crippen LogP) is 4.16. The van der Waals surface area contributed by atoms with Gasteiger partial charge in [0, 0.05) is 0 Å². The molecule has 176 valence electrons. The van der Waals surface area contributed by atoms with E-state index in [1.165, 1.54) is 13.8 Å². The van der Waals surface area contributed by atoms with Crippen molar-refractivity contribution in [2.75, 3.05) is 0 Å². The average molecular weight is 563 g/mol. The summed E-state index contributed by atoms with van der Waals surface area (Å²) in [5.74, 6) is -2.89. The van der Waals surface area contributed by atoms with Gasteiger partial charge in [-0.15, -0.1) is 0 Å². The molecule has 0 amide bonds. The van der Waals surface area contributed by atoms with E-state index >= 15 is 0 Å². The molecule has 0 saturated carbocycles. The van der Waals surface area contributed by atoms with E-state index in [0.717, 1.165) is 0 Å². The standard InChI is InChI=1S/2C10H10O4.2C2H5.Sn/c2*1-7(11)14-9(10(12)13)8-5-3-2-4-6-8;2*1-2;/h2*2-6,9H,1H3,(H,12,13);2*1H2,2H3;/q;;;;+2/p-2/t2*9-;;;/m11.../s1. The number of hydrogen-bond donors (Lipinski definition) is 0. The van der Waals surface area contributed by atoms with E-state index in [1.54, 1.807) is 74.5 Å². The second-order valence-corrected chi connectivity index (χ2v) is 17.7. The van der Waals surface area contributed by atoms with Crippen molar-refractivity contribution in [1.29, 1.82) is 0 Å². The summed E-state index contributed by atoms with van der Waals surface area (Å²) in [5, 5.41) is 0. The SMILES string of the molecule is C[CH2][Sn]([CH2]C)([O]C(=O)[C@H](OC(C)=O)c1ccccc1)[O]C(=O)[C@H](OC(C)=O)c1ccccc1. The number of ether oxygens (including phenoxy) is 2. The summed E-state index contributed by atoms with van der Waals surface area (Å²) in [6.07, 6.45) is -2.56. The molecular weight excluding hydrogens is 535 g/mol. The van der Waals surface area contributed by atoms with Gasteiger partial charge in [0.1, 0.15) is 0 Å². The van der Waals surface area contributed by atoms with Gasteiger partial charge in [0.15, 0.2) is 0 Å². The van der Waals surface area contributed by atoms with Crippen LogP contribution < -0.4 is 0 Å². The fraction of sp³-hybridized carbons (Fsp3) is 0.333. The van der Waals surface area contributed by atoms with Crippen LogP contribution in [0.5, 0.6) is 0 Å². The summed E-state index contributed by atoms with van der Waals surface area (Å²) in [5.41, 5.74) is 0.886. The Morgan fingerprint density at radius 1 is 0.667 bits per heavy atom. The maximum absolute atomic E-state index is 13.1. The van der Waals surface area contributed by atoms with Crippen LogP contribution >= 0.6 is 0 Å². The van der Waals surface area contributed by atoms with Crippen LogP contribution in [0.15, 0.2) is 60.7 Å². The molecule has 9 heteroatoms. The van der Waals surface area contributed by atoms with E-state index < -0.39 is 55.3 Å². The van der Waals surface area contributed by atoms with Crippen molar-refractivity contribution in [1.82, 2.24) is 0 Å². The Bertz CT molecular complexity index is 881. The number of rotatable bonds is 10. The van der Waals surface area contributed by atoms with E-state index in [0.29, 0.717) is 20.0 Å². The number of carbonyl (C=O) groups excluding carboxylic acids is 4. The summed E-state index contributed by atoms with van der Waals surface area (Å²) in [7, 11) is 0. The molecule has 2 aromatic rings. The van der Waals surface area contributed by atoms with Crippen molar-refractivity contribution in [2.45, 2.75) is 48.8 Å². The van der Waals surface area contributed by atoms with Crippen LogP contribution in [0.2, 0.25) is 8.87 Å². The van der Waals surface area contributed by atoms with Gasteiger partial charge >= 0.3 is 198 Å². The average Bonchev–Trinajstić information content (AvgIpc) is 2.81. The first-order chi connectivity index (χ1) is 15.7. The Balaban J connectivity index is 2.30. The molecule has 0 saturated heterocycles. The third kappa shape index (κ3) is 7.59. The van der Waals surface area contributed by atoms with Crippen molar-refractivity contribution in [3.63, 3.8) is 0 Å². The normalized spacial score (nSPS) is 12.7. The van der Waals surface area contributed by atoms with E-state index in [2.05, 4.69) is 0 Å². The Morgan fingerprint density at radius 3 is 1.27 bits per heavy atom. The molecular formula is C24H28O8Sn. The van der Waals surface area contributed by atoms with Gasteiger partial charge in [-0.2, -0.15) is 0 Å². The van der Waals surface area contributed by atoms with Gasteiger partial charge in [-0.25, -0.2) is 0 Å². The summed E-state index contributed by atoms with van der Waals surface area (Å²) >= 11 is -4.36. The van der Waals surface area contributed by atoms with Crippen LogP contribution in [0.25, 0.3) is 0 Å². The van der Waals surface area contributed by atoms with Gasteiger partial charge in [-0.1, -0.05) is 0 Å². The van der Waals surface area contributed by atoms with Crippen LogP contribution in [0.4, 0.5) is 0 Å². The molecule has 0 aliphatic heterocycles. The number of esters is 2. The number of hydrogen-bond acceptors (Lipinski definition) is 8. The molecule has 0 N–H and O–H groups in total. The topological polar surface area (TPSA) is 105 Å². The second-order valence-electron chi connectivity index (χ2n) is 7.26. The zero-order valence-corrected chi connectivity index (χ0v) is 22.0. The quantitative estimate of drug-likeness (QED) is 0.314. The summed E-state index contributed by atoms with van der Waals surface area (Å²) < 4.78 is 22.7. The first-order valence-corrected chi connectivity index (χ1v) is 17.0. The molecule has 0 aliphatic carbocycles. The zero-order chi connectivity index (χ0) is 24.4. The van der Waals surface area contributed by atoms with E-state index in [4.69, 9.17) is 15.6 Å². The van der Waals surface area contributed by atoms with Crippen LogP contribution in [0.1, 0.15) is 51.0 Å². The van der Waals surface area contributed by atoms with Crippen molar-refractivity contribution in [3.8, 4) is 0 Å². The molecule has 0 heterocycles. The van der Waals surface area contributed by atoms with Crippen LogP contribution in [-0.2, 0) is 34.8 Å². The zero-order valence-electron chi connectivity index (χ0n) is 19.1. The molecule has 2 rings (SSSR count). The Morgan fingerprint density at radius 2 is 1.00 bits per heavy atom. The molecule has 0 fully saturated rings. The molecule has 33 heavy (non-hydrogen) atoms. The van der Waals surface area contributed by atoms with Crippen LogP contribution in [0.3, 0.4) is 0 Å². The molecule has 0 radical (unpaired) electrons. The molecule has 0 aromatic heterocycles.